The van der Waals surface area contributed by atoms with E-state index in [1.54, 1.807) is 0 Å². The van der Waals surface area contributed by atoms with Crippen molar-refractivity contribution in [2.75, 3.05) is 7.11 Å². The van der Waals surface area contributed by atoms with Crippen LogP contribution in [0.1, 0.15) is 18.4 Å². The van der Waals surface area contributed by atoms with Crippen LogP contribution in [0.5, 0.6) is 0 Å². The Kier molecular flexibility index (Phi) is 5.66. The smallest absolute Gasteiger partial charge is 0.335 e. The van der Waals surface area contributed by atoms with E-state index < -0.39 is 18.2 Å². The van der Waals surface area contributed by atoms with E-state index in [9.17, 15) is 9.90 Å². The van der Waals surface area contributed by atoms with Crippen LogP contribution in [-0.4, -0.2) is 35.5 Å². The third kappa shape index (κ3) is 4.54. The Bertz CT molecular complexity index is 337. The van der Waals surface area contributed by atoms with Gasteiger partial charge in [0.1, 0.15) is 0 Å². The van der Waals surface area contributed by atoms with E-state index in [1.165, 1.54) is 12.7 Å². The summed E-state index contributed by atoms with van der Waals surface area (Å²) in [4.78, 5) is 10.6. The second-order valence-corrected chi connectivity index (χ2v) is 3.94. The lowest BCUT2D eigenvalue weighted by atomic mass is 10.0. The molecule has 4 nitrogen and oxygen atoms in total. The molecule has 1 rings (SSSR count). The maximum atomic E-state index is 10.6. The number of carbonyl (C=O) groups is 1. The van der Waals surface area contributed by atoms with Crippen LogP contribution in [0.25, 0.3) is 0 Å². The molecule has 0 spiro atoms. The Morgan fingerprint density at radius 3 is 2.53 bits per heavy atom. The first kappa shape index (κ1) is 13.7. The van der Waals surface area contributed by atoms with E-state index in [2.05, 4.69) is 0 Å². The number of carboxylic acid groups (broad SMARTS) is 1. The summed E-state index contributed by atoms with van der Waals surface area (Å²) in [5.41, 5.74) is 1.20. The Hall–Kier alpha value is -1.39. The van der Waals surface area contributed by atoms with Gasteiger partial charge >= 0.3 is 5.97 Å². The lowest BCUT2D eigenvalue weighted by molar-refractivity contribution is -0.154. The molecule has 0 aliphatic heterocycles. The van der Waals surface area contributed by atoms with Gasteiger partial charge in [-0.3, -0.25) is 0 Å². The number of aliphatic hydroxyl groups excluding tert-OH is 1. The first-order valence-electron chi connectivity index (χ1n) is 5.62. The monoisotopic (exact) mass is 238 g/mol. The predicted molar refractivity (Wildman–Crippen MR) is 63.8 cm³/mol. The highest BCUT2D eigenvalue weighted by molar-refractivity contribution is 5.72. The van der Waals surface area contributed by atoms with Crippen molar-refractivity contribution >= 4 is 5.97 Å². The van der Waals surface area contributed by atoms with Crippen LogP contribution in [0.4, 0.5) is 0 Å². The van der Waals surface area contributed by atoms with E-state index in [1.807, 2.05) is 30.3 Å². The van der Waals surface area contributed by atoms with Crippen molar-refractivity contribution in [2.45, 2.75) is 31.5 Å². The molecule has 0 aliphatic carbocycles. The highest BCUT2D eigenvalue weighted by atomic mass is 16.5. The molecule has 0 radical (unpaired) electrons. The van der Waals surface area contributed by atoms with Gasteiger partial charge in [0.25, 0.3) is 0 Å². The second kappa shape index (κ2) is 7.04. The predicted octanol–water partition coefficient (Wildman–Crippen LogP) is 1.47. The van der Waals surface area contributed by atoms with E-state index >= 15 is 0 Å². The molecule has 0 amide bonds. The number of hydrogen-bond acceptors (Lipinski definition) is 3. The highest BCUT2D eigenvalue weighted by Crippen LogP contribution is 2.11. The lowest BCUT2D eigenvalue weighted by Gasteiger charge is -2.18. The van der Waals surface area contributed by atoms with Gasteiger partial charge in [0, 0.05) is 7.11 Å². The Balaban J connectivity index is 2.36. The van der Waals surface area contributed by atoms with Crippen LogP contribution < -0.4 is 0 Å². The van der Waals surface area contributed by atoms with Crippen molar-refractivity contribution in [3.8, 4) is 0 Å². The molecule has 0 fully saturated rings. The van der Waals surface area contributed by atoms with Gasteiger partial charge in [-0.25, -0.2) is 4.79 Å². The Morgan fingerprint density at radius 1 is 1.35 bits per heavy atom. The number of carboxylic acids is 1. The van der Waals surface area contributed by atoms with Crippen molar-refractivity contribution in [1.29, 1.82) is 0 Å². The second-order valence-electron chi connectivity index (χ2n) is 3.94. The van der Waals surface area contributed by atoms with Crippen molar-refractivity contribution in [3.63, 3.8) is 0 Å². The zero-order valence-electron chi connectivity index (χ0n) is 9.87. The first-order chi connectivity index (χ1) is 8.15. The number of rotatable bonds is 7. The molecule has 0 saturated heterocycles. The van der Waals surface area contributed by atoms with Crippen LogP contribution in [0.3, 0.4) is 0 Å². The van der Waals surface area contributed by atoms with Crippen LogP contribution in [-0.2, 0) is 16.0 Å². The molecule has 94 valence electrons. The van der Waals surface area contributed by atoms with Gasteiger partial charge in [-0.15, -0.1) is 0 Å². The van der Waals surface area contributed by atoms with Gasteiger partial charge in [-0.05, 0) is 24.8 Å². The van der Waals surface area contributed by atoms with Crippen LogP contribution in [0, 0.1) is 0 Å². The van der Waals surface area contributed by atoms with Crippen molar-refractivity contribution in [3.05, 3.63) is 35.9 Å². The van der Waals surface area contributed by atoms with Crippen LogP contribution in [0.2, 0.25) is 0 Å². The molecule has 0 aromatic heterocycles. The molecule has 0 heterocycles. The van der Waals surface area contributed by atoms with E-state index in [-0.39, 0.29) is 0 Å². The molecule has 0 unspecified atom stereocenters. The number of aliphatic hydroxyl groups is 1. The molecule has 0 aliphatic rings. The minimum absolute atomic E-state index is 0.527. The molecular weight excluding hydrogens is 220 g/mol. The fraction of sp³-hybridized carbons (Fsp3) is 0.462. The van der Waals surface area contributed by atoms with Crippen molar-refractivity contribution in [1.82, 2.24) is 0 Å². The van der Waals surface area contributed by atoms with Gasteiger partial charge in [0.05, 0.1) is 6.10 Å². The molecular formula is C13H18O4. The molecule has 2 N–H and O–H groups in total. The summed E-state index contributed by atoms with van der Waals surface area (Å²) >= 11 is 0. The zero-order chi connectivity index (χ0) is 12.7. The summed E-state index contributed by atoms with van der Waals surface area (Å²) < 4.78 is 4.98. The molecule has 1 aromatic carbocycles. The van der Waals surface area contributed by atoms with Crippen molar-refractivity contribution < 1.29 is 19.7 Å². The normalized spacial score (nSPS) is 14.2. The summed E-state index contributed by atoms with van der Waals surface area (Å²) in [6.45, 7) is 0. The Labute approximate surface area is 101 Å². The van der Waals surface area contributed by atoms with Crippen molar-refractivity contribution in [2.24, 2.45) is 0 Å². The average Bonchev–Trinajstić information content (AvgIpc) is 2.35. The number of hydrogen-bond donors (Lipinski definition) is 2. The SMILES string of the molecule is CO[C@H](CCCc1ccccc1)[C@@H](O)C(=O)O. The average molecular weight is 238 g/mol. The standard InChI is InChI=1S/C13H18O4/c1-17-11(12(14)13(15)16)9-5-8-10-6-3-2-4-7-10/h2-4,6-7,11-12,14H,5,8-9H2,1H3,(H,15,16)/t11-,12-/m1/s1. The van der Waals surface area contributed by atoms with E-state index in [4.69, 9.17) is 9.84 Å². The molecule has 1 aromatic rings. The molecule has 0 saturated carbocycles. The summed E-state index contributed by atoms with van der Waals surface area (Å²) in [7, 11) is 1.42. The minimum Gasteiger partial charge on any atom is -0.479 e. The summed E-state index contributed by atoms with van der Waals surface area (Å²) in [6.07, 6.45) is 0.0747. The van der Waals surface area contributed by atoms with Gasteiger partial charge in [-0.2, -0.15) is 0 Å². The molecule has 4 heteroatoms. The fourth-order valence-corrected chi connectivity index (χ4v) is 1.72. The molecule has 2 atom stereocenters. The number of aryl methyl sites for hydroxylation is 1. The number of benzene rings is 1. The van der Waals surface area contributed by atoms with Gasteiger partial charge in [0.2, 0.25) is 0 Å². The highest BCUT2D eigenvalue weighted by Gasteiger charge is 2.24. The summed E-state index contributed by atoms with van der Waals surface area (Å²) in [5.74, 6) is -1.24. The summed E-state index contributed by atoms with van der Waals surface area (Å²) in [6, 6.07) is 9.94. The molecule has 17 heavy (non-hydrogen) atoms. The van der Waals surface area contributed by atoms with Gasteiger partial charge in [-0.1, -0.05) is 30.3 Å². The zero-order valence-corrected chi connectivity index (χ0v) is 9.87. The third-order valence-electron chi connectivity index (χ3n) is 2.70. The largest absolute Gasteiger partial charge is 0.479 e. The number of methoxy groups -OCH3 is 1. The fourth-order valence-electron chi connectivity index (χ4n) is 1.72. The topological polar surface area (TPSA) is 66.8 Å². The summed E-state index contributed by atoms with van der Waals surface area (Å²) in [5, 5.41) is 18.0. The van der Waals surface area contributed by atoms with Gasteiger partial charge < -0.3 is 14.9 Å². The van der Waals surface area contributed by atoms with Crippen LogP contribution in [0.15, 0.2) is 30.3 Å². The Morgan fingerprint density at radius 2 is 2.00 bits per heavy atom. The number of aliphatic carboxylic acids is 1. The van der Waals surface area contributed by atoms with Gasteiger partial charge in [0.15, 0.2) is 6.10 Å². The number of ether oxygens (including phenoxy) is 1. The van der Waals surface area contributed by atoms with Crippen LogP contribution >= 0.6 is 0 Å². The molecule has 0 bridgehead atoms. The maximum Gasteiger partial charge on any atom is 0.335 e. The van der Waals surface area contributed by atoms with E-state index in [0.29, 0.717) is 6.42 Å². The first-order valence-corrected chi connectivity index (χ1v) is 5.62. The lowest BCUT2D eigenvalue weighted by Crippen LogP contribution is -2.35. The third-order valence-corrected chi connectivity index (χ3v) is 2.70. The quantitative estimate of drug-likeness (QED) is 0.755. The minimum atomic E-state index is -1.45. The maximum absolute atomic E-state index is 10.6. The van der Waals surface area contributed by atoms with E-state index in [0.717, 1.165) is 12.8 Å².